The van der Waals surface area contributed by atoms with Crippen LogP contribution in [0.5, 0.6) is 0 Å². The lowest BCUT2D eigenvalue weighted by molar-refractivity contribution is 0.154. The largest absolute Gasteiger partial charge is 0.395 e. The molecule has 0 aliphatic carbocycles. The lowest BCUT2D eigenvalue weighted by atomic mass is 10.1. The van der Waals surface area contributed by atoms with Crippen molar-refractivity contribution in [3.63, 3.8) is 0 Å². The van der Waals surface area contributed by atoms with E-state index in [0.717, 1.165) is 19.3 Å². The molecule has 108 valence electrons. The normalized spacial score (nSPS) is 21.6. The first-order valence-electron chi connectivity index (χ1n) is 6.46. The van der Waals surface area contributed by atoms with Crippen molar-refractivity contribution in [3.05, 3.63) is 18.7 Å². The molecule has 0 aromatic carbocycles. The van der Waals surface area contributed by atoms with Crippen molar-refractivity contribution < 1.29 is 13.5 Å². The SMILES string of the molecule is O=S(=O)(NCCn1ccnc1)N1CCCCC1CO. The summed E-state index contributed by atoms with van der Waals surface area (Å²) >= 11 is 0. The van der Waals surface area contributed by atoms with E-state index in [1.807, 2.05) is 4.57 Å². The number of rotatable bonds is 6. The molecule has 1 aromatic rings. The molecule has 0 saturated carbocycles. The highest BCUT2D eigenvalue weighted by molar-refractivity contribution is 7.87. The Kier molecular flexibility index (Phi) is 4.92. The number of nitrogens with one attached hydrogen (secondary N) is 1. The van der Waals surface area contributed by atoms with E-state index in [9.17, 15) is 13.5 Å². The molecule has 0 radical (unpaired) electrons. The monoisotopic (exact) mass is 288 g/mol. The molecule has 2 rings (SSSR count). The summed E-state index contributed by atoms with van der Waals surface area (Å²) in [4.78, 5) is 3.89. The number of aromatic nitrogens is 2. The lowest BCUT2D eigenvalue weighted by Crippen LogP contribution is -2.50. The highest BCUT2D eigenvalue weighted by Crippen LogP contribution is 2.19. The van der Waals surface area contributed by atoms with Crippen LogP contribution in [-0.2, 0) is 16.8 Å². The predicted molar refractivity (Wildman–Crippen MR) is 70.6 cm³/mol. The zero-order chi connectivity index (χ0) is 13.7. The number of piperidine rings is 1. The van der Waals surface area contributed by atoms with Gasteiger partial charge in [-0.25, -0.2) is 9.71 Å². The van der Waals surface area contributed by atoms with Gasteiger partial charge in [-0.05, 0) is 12.8 Å². The molecule has 8 heteroatoms. The molecule has 0 amide bonds. The number of nitrogens with zero attached hydrogens (tertiary/aromatic N) is 3. The fraction of sp³-hybridized carbons (Fsp3) is 0.727. The third kappa shape index (κ3) is 3.75. The van der Waals surface area contributed by atoms with Crippen molar-refractivity contribution in [2.45, 2.75) is 31.8 Å². The van der Waals surface area contributed by atoms with Crippen LogP contribution in [0.2, 0.25) is 0 Å². The average Bonchev–Trinajstić information content (AvgIpc) is 2.91. The standard InChI is InChI=1S/C11H20N4O3S/c16-9-11-3-1-2-6-15(11)19(17,18)13-5-8-14-7-4-12-10-14/h4,7,10-11,13,16H,1-3,5-6,8-9H2. The fourth-order valence-electron chi connectivity index (χ4n) is 2.28. The van der Waals surface area contributed by atoms with Gasteiger partial charge in [0.15, 0.2) is 0 Å². The van der Waals surface area contributed by atoms with Gasteiger partial charge in [0, 0.05) is 38.1 Å². The Balaban J connectivity index is 1.89. The fourth-order valence-corrected chi connectivity index (χ4v) is 3.73. The van der Waals surface area contributed by atoms with Crippen LogP contribution in [0.25, 0.3) is 0 Å². The van der Waals surface area contributed by atoms with Crippen molar-refractivity contribution >= 4 is 10.2 Å². The summed E-state index contributed by atoms with van der Waals surface area (Å²) in [5, 5.41) is 9.25. The highest BCUT2D eigenvalue weighted by atomic mass is 32.2. The molecule has 0 bridgehead atoms. The van der Waals surface area contributed by atoms with Crippen LogP contribution in [0.3, 0.4) is 0 Å². The Hall–Kier alpha value is -0.960. The highest BCUT2D eigenvalue weighted by Gasteiger charge is 2.31. The molecule has 1 unspecified atom stereocenters. The minimum absolute atomic E-state index is 0.123. The molecule has 1 fully saturated rings. The molecule has 1 saturated heterocycles. The molecule has 1 aromatic heterocycles. The van der Waals surface area contributed by atoms with Gasteiger partial charge in [-0.2, -0.15) is 12.7 Å². The summed E-state index contributed by atoms with van der Waals surface area (Å²) in [6.45, 7) is 1.21. The van der Waals surface area contributed by atoms with E-state index in [4.69, 9.17) is 0 Å². The Morgan fingerprint density at radius 1 is 1.42 bits per heavy atom. The van der Waals surface area contributed by atoms with Gasteiger partial charge in [0.25, 0.3) is 10.2 Å². The molecular formula is C11H20N4O3S. The van der Waals surface area contributed by atoms with Crippen molar-refractivity contribution in [1.29, 1.82) is 0 Å². The maximum absolute atomic E-state index is 12.2. The smallest absolute Gasteiger partial charge is 0.279 e. The zero-order valence-corrected chi connectivity index (χ0v) is 11.6. The van der Waals surface area contributed by atoms with Crippen LogP contribution < -0.4 is 4.72 Å². The first kappa shape index (κ1) is 14.4. The van der Waals surface area contributed by atoms with Crippen molar-refractivity contribution in [3.8, 4) is 0 Å². The number of aliphatic hydroxyl groups is 1. The van der Waals surface area contributed by atoms with Crippen LogP contribution in [-0.4, -0.2) is 53.1 Å². The van der Waals surface area contributed by atoms with E-state index in [1.54, 1.807) is 18.7 Å². The van der Waals surface area contributed by atoms with E-state index < -0.39 is 10.2 Å². The van der Waals surface area contributed by atoms with E-state index in [1.165, 1.54) is 4.31 Å². The van der Waals surface area contributed by atoms with Gasteiger partial charge in [-0.15, -0.1) is 0 Å². The molecule has 1 aliphatic heterocycles. The molecule has 0 spiro atoms. The van der Waals surface area contributed by atoms with Gasteiger partial charge < -0.3 is 9.67 Å². The van der Waals surface area contributed by atoms with Crippen LogP contribution in [0.1, 0.15) is 19.3 Å². The summed E-state index contributed by atoms with van der Waals surface area (Å²) in [6, 6.07) is -0.292. The number of aliphatic hydroxyl groups excluding tert-OH is 1. The van der Waals surface area contributed by atoms with E-state index >= 15 is 0 Å². The maximum Gasteiger partial charge on any atom is 0.279 e. The summed E-state index contributed by atoms with van der Waals surface area (Å²) < 4.78 is 30.1. The maximum atomic E-state index is 12.2. The van der Waals surface area contributed by atoms with E-state index in [2.05, 4.69) is 9.71 Å². The molecule has 2 heterocycles. The second kappa shape index (κ2) is 6.47. The lowest BCUT2D eigenvalue weighted by Gasteiger charge is -2.33. The first-order valence-corrected chi connectivity index (χ1v) is 7.90. The summed E-state index contributed by atoms with van der Waals surface area (Å²) in [7, 11) is -3.51. The Labute approximate surface area is 113 Å². The van der Waals surface area contributed by atoms with Crippen molar-refractivity contribution in [2.24, 2.45) is 0 Å². The van der Waals surface area contributed by atoms with E-state index in [0.29, 0.717) is 19.6 Å². The summed E-state index contributed by atoms with van der Waals surface area (Å²) in [5.74, 6) is 0. The van der Waals surface area contributed by atoms with Crippen LogP contribution >= 0.6 is 0 Å². The van der Waals surface area contributed by atoms with Gasteiger partial charge in [0.05, 0.1) is 12.9 Å². The minimum Gasteiger partial charge on any atom is -0.395 e. The summed E-state index contributed by atoms with van der Waals surface area (Å²) in [6.07, 6.45) is 7.61. The summed E-state index contributed by atoms with van der Waals surface area (Å²) in [5.41, 5.74) is 0. The van der Waals surface area contributed by atoms with Gasteiger partial charge in [0.1, 0.15) is 0 Å². The third-order valence-corrected chi connectivity index (χ3v) is 4.97. The number of imidazole rings is 1. The topological polar surface area (TPSA) is 87.5 Å². The van der Waals surface area contributed by atoms with Gasteiger partial charge in [-0.1, -0.05) is 6.42 Å². The number of hydrogen-bond donors (Lipinski definition) is 2. The molecule has 1 atom stereocenters. The van der Waals surface area contributed by atoms with Crippen LogP contribution in [0.4, 0.5) is 0 Å². The van der Waals surface area contributed by atoms with Gasteiger partial charge >= 0.3 is 0 Å². The Morgan fingerprint density at radius 2 is 2.26 bits per heavy atom. The molecule has 2 N–H and O–H groups in total. The quantitative estimate of drug-likeness (QED) is 0.743. The zero-order valence-electron chi connectivity index (χ0n) is 10.8. The van der Waals surface area contributed by atoms with Gasteiger partial charge in [0.2, 0.25) is 0 Å². The number of hydrogen-bond acceptors (Lipinski definition) is 4. The Bertz CT molecular complexity index is 474. The first-order chi connectivity index (χ1) is 9.13. The van der Waals surface area contributed by atoms with Gasteiger partial charge in [-0.3, -0.25) is 0 Å². The molecule has 7 nitrogen and oxygen atoms in total. The third-order valence-electron chi connectivity index (χ3n) is 3.31. The Morgan fingerprint density at radius 3 is 2.95 bits per heavy atom. The van der Waals surface area contributed by atoms with Crippen molar-refractivity contribution in [1.82, 2.24) is 18.6 Å². The second-order valence-electron chi connectivity index (χ2n) is 4.64. The molecule has 19 heavy (non-hydrogen) atoms. The predicted octanol–water partition coefficient (Wildman–Crippen LogP) is -0.436. The average molecular weight is 288 g/mol. The van der Waals surface area contributed by atoms with Crippen LogP contribution in [0.15, 0.2) is 18.7 Å². The molecular weight excluding hydrogens is 268 g/mol. The van der Waals surface area contributed by atoms with E-state index in [-0.39, 0.29) is 12.6 Å². The second-order valence-corrected chi connectivity index (χ2v) is 6.35. The van der Waals surface area contributed by atoms with Crippen LogP contribution in [0, 0.1) is 0 Å². The molecule has 1 aliphatic rings. The minimum atomic E-state index is -3.51. The van der Waals surface area contributed by atoms with Crippen molar-refractivity contribution in [2.75, 3.05) is 19.7 Å².